The minimum atomic E-state index is -3.36. The van der Waals surface area contributed by atoms with Crippen LogP contribution in [0.5, 0.6) is 0 Å². The van der Waals surface area contributed by atoms with E-state index in [0.717, 1.165) is 5.56 Å². The third-order valence-electron chi connectivity index (χ3n) is 2.34. The van der Waals surface area contributed by atoms with Gasteiger partial charge in [-0.3, -0.25) is 5.10 Å². The number of nitrogens with zero attached hydrogens (tertiary/aromatic N) is 2. The monoisotopic (exact) mass is 251 g/mol. The number of nitrogens with one attached hydrogen (secondary N) is 1. The van der Waals surface area contributed by atoms with E-state index < -0.39 is 9.84 Å². The Morgan fingerprint density at radius 1 is 1.18 bits per heavy atom. The molecule has 0 radical (unpaired) electrons. The number of rotatable bonds is 3. The molecule has 5 nitrogen and oxygen atoms in total. The Kier molecular flexibility index (Phi) is 2.97. The van der Waals surface area contributed by atoms with Gasteiger partial charge in [0.15, 0.2) is 15.7 Å². The van der Waals surface area contributed by atoms with Crippen LogP contribution in [0.4, 0.5) is 0 Å². The van der Waals surface area contributed by atoms with E-state index in [4.69, 9.17) is 0 Å². The summed E-state index contributed by atoms with van der Waals surface area (Å²) in [6.07, 6.45) is 0. The molecular formula is C11H13N3O2S. The second-order valence-corrected chi connectivity index (χ2v) is 5.90. The van der Waals surface area contributed by atoms with E-state index in [0.29, 0.717) is 16.5 Å². The summed E-state index contributed by atoms with van der Waals surface area (Å²) >= 11 is 0. The van der Waals surface area contributed by atoms with Crippen LogP contribution in [0.25, 0.3) is 0 Å². The van der Waals surface area contributed by atoms with Gasteiger partial charge in [0, 0.05) is 0 Å². The quantitative estimate of drug-likeness (QED) is 0.894. The molecule has 17 heavy (non-hydrogen) atoms. The fourth-order valence-electron chi connectivity index (χ4n) is 1.45. The molecule has 2 rings (SSSR count). The summed E-state index contributed by atoms with van der Waals surface area (Å²) in [5.41, 5.74) is 1.03. The zero-order valence-electron chi connectivity index (χ0n) is 9.64. The summed E-state index contributed by atoms with van der Waals surface area (Å²) in [6.45, 7) is 3.64. The van der Waals surface area contributed by atoms with E-state index in [1.165, 1.54) is 0 Å². The molecule has 1 aromatic carbocycles. The first-order valence-electron chi connectivity index (χ1n) is 5.15. The zero-order chi connectivity index (χ0) is 12.5. The van der Waals surface area contributed by atoms with Crippen LogP contribution in [0.1, 0.15) is 17.2 Å². The Bertz CT molecular complexity index is 614. The standard InChI is InChI=1S/C11H13N3O2S/c1-8-3-5-10(6-4-8)17(15,16)7-11-12-9(2)13-14-11/h3-6H,7H2,1-2H3,(H,12,13,14). The molecule has 0 spiro atoms. The van der Waals surface area contributed by atoms with Gasteiger partial charge in [-0.2, -0.15) is 5.10 Å². The first-order valence-corrected chi connectivity index (χ1v) is 6.80. The van der Waals surface area contributed by atoms with E-state index >= 15 is 0 Å². The Labute approximate surface area is 99.8 Å². The Balaban J connectivity index is 2.28. The van der Waals surface area contributed by atoms with E-state index in [1.807, 2.05) is 6.92 Å². The van der Waals surface area contributed by atoms with E-state index in [1.54, 1.807) is 31.2 Å². The Morgan fingerprint density at radius 2 is 1.82 bits per heavy atom. The number of aryl methyl sites for hydroxylation is 2. The van der Waals surface area contributed by atoms with Gasteiger partial charge in [0.2, 0.25) is 0 Å². The molecule has 0 saturated heterocycles. The molecule has 0 saturated carbocycles. The van der Waals surface area contributed by atoms with Crippen LogP contribution in [0.3, 0.4) is 0 Å². The largest absolute Gasteiger partial charge is 0.263 e. The summed E-state index contributed by atoms with van der Waals surface area (Å²) in [5.74, 6) is 0.725. The fraction of sp³-hybridized carbons (Fsp3) is 0.273. The van der Waals surface area contributed by atoms with E-state index in [9.17, 15) is 8.42 Å². The van der Waals surface area contributed by atoms with Gasteiger partial charge in [0.25, 0.3) is 0 Å². The average Bonchev–Trinajstić information content (AvgIpc) is 2.63. The third kappa shape index (κ3) is 2.71. The topological polar surface area (TPSA) is 75.7 Å². The predicted molar refractivity (Wildman–Crippen MR) is 63.2 cm³/mol. The number of H-pyrrole nitrogens is 1. The number of aromatic nitrogens is 3. The zero-order valence-corrected chi connectivity index (χ0v) is 10.5. The van der Waals surface area contributed by atoms with Crippen LogP contribution in [-0.2, 0) is 15.6 Å². The minimum absolute atomic E-state index is 0.180. The molecule has 1 aromatic heterocycles. The fourth-order valence-corrected chi connectivity index (χ4v) is 2.64. The third-order valence-corrected chi connectivity index (χ3v) is 3.97. The Morgan fingerprint density at radius 3 is 2.35 bits per heavy atom. The molecule has 1 N–H and O–H groups in total. The van der Waals surface area contributed by atoms with Crippen molar-refractivity contribution in [3.05, 3.63) is 41.5 Å². The Hall–Kier alpha value is -1.69. The highest BCUT2D eigenvalue weighted by molar-refractivity contribution is 7.90. The van der Waals surface area contributed by atoms with Crippen LogP contribution < -0.4 is 0 Å². The summed E-state index contributed by atoms with van der Waals surface area (Å²) in [4.78, 5) is 4.29. The normalized spacial score (nSPS) is 11.6. The lowest BCUT2D eigenvalue weighted by atomic mass is 10.2. The molecule has 0 fully saturated rings. The summed E-state index contributed by atoms with van der Waals surface area (Å²) in [6, 6.07) is 6.75. The van der Waals surface area contributed by atoms with Crippen LogP contribution in [0.2, 0.25) is 0 Å². The highest BCUT2D eigenvalue weighted by atomic mass is 32.2. The van der Waals surface area contributed by atoms with Gasteiger partial charge in [-0.05, 0) is 26.0 Å². The van der Waals surface area contributed by atoms with Gasteiger partial charge < -0.3 is 0 Å². The molecule has 0 bridgehead atoms. The van der Waals surface area contributed by atoms with Crippen LogP contribution in [0.15, 0.2) is 29.2 Å². The molecule has 0 aliphatic carbocycles. The molecule has 90 valence electrons. The molecule has 6 heteroatoms. The van der Waals surface area contributed by atoms with Gasteiger partial charge in [0.05, 0.1) is 4.90 Å². The highest BCUT2D eigenvalue weighted by Gasteiger charge is 2.17. The van der Waals surface area contributed by atoms with Crippen molar-refractivity contribution in [1.82, 2.24) is 15.2 Å². The summed E-state index contributed by atoms with van der Waals surface area (Å²) < 4.78 is 24.1. The predicted octanol–water partition coefficient (Wildman–Crippen LogP) is 1.40. The lowest BCUT2D eigenvalue weighted by Crippen LogP contribution is -2.06. The number of aromatic amines is 1. The van der Waals surface area contributed by atoms with Gasteiger partial charge in [0.1, 0.15) is 11.6 Å². The highest BCUT2D eigenvalue weighted by Crippen LogP contribution is 2.15. The summed E-state index contributed by atoms with van der Waals surface area (Å²) in [5, 5.41) is 6.45. The van der Waals surface area contributed by atoms with E-state index in [-0.39, 0.29) is 5.75 Å². The average molecular weight is 251 g/mol. The second kappa shape index (κ2) is 4.29. The molecule has 1 heterocycles. The smallest absolute Gasteiger partial charge is 0.185 e. The number of hydrogen-bond acceptors (Lipinski definition) is 4. The van der Waals surface area contributed by atoms with Crippen molar-refractivity contribution >= 4 is 9.84 Å². The number of sulfone groups is 1. The maximum Gasteiger partial charge on any atom is 0.185 e. The molecule has 0 unspecified atom stereocenters. The van der Waals surface area contributed by atoms with Crippen molar-refractivity contribution < 1.29 is 8.42 Å². The van der Waals surface area contributed by atoms with Crippen LogP contribution in [0, 0.1) is 13.8 Å². The molecule has 0 atom stereocenters. The van der Waals surface area contributed by atoms with Crippen molar-refractivity contribution in [3.8, 4) is 0 Å². The van der Waals surface area contributed by atoms with Crippen molar-refractivity contribution in [2.75, 3.05) is 0 Å². The second-order valence-electron chi connectivity index (χ2n) is 3.91. The molecular weight excluding hydrogens is 238 g/mol. The maximum absolute atomic E-state index is 12.0. The van der Waals surface area contributed by atoms with Gasteiger partial charge in [-0.15, -0.1) is 0 Å². The van der Waals surface area contributed by atoms with Crippen LogP contribution in [-0.4, -0.2) is 23.6 Å². The van der Waals surface area contributed by atoms with Gasteiger partial charge in [-0.25, -0.2) is 13.4 Å². The number of benzene rings is 1. The van der Waals surface area contributed by atoms with Gasteiger partial charge >= 0.3 is 0 Å². The molecule has 0 aliphatic heterocycles. The van der Waals surface area contributed by atoms with E-state index in [2.05, 4.69) is 15.2 Å². The minimum Gasteiger partial charge on any atom is -0.263 e. The lowest BCUT2D eigenvalue weighted by Gasteiger charge is -2.02. The number of hydrogen-bond donors (Lipinski definition) is 1. The summed E-state index contributed by atoms with van der Waals surface area (Å²) in [7, 11) is -3.36. The van der Waals surface area contributed by atoms with Gasteiger partial charge in [-0.1, -0.05) is 17.7 Å². The maximum atomic E-state index is 12.0. The van der Waals surface area contributed by atoms with Crippen molar-refractivity contribution in [2.45, 2.75) is 24.5 Å². The molecule has 2 aromatic rings. The van der Waals surface area contributed by atoms with Crippen molar-refractivity contribution in [3.63, 3.8) is 0 Å². The first-order chi connectivity index (χ1) is 7.97. The lowest BCUT2D eigenvalue weighted by molar-refractivity contribution is 0.594. The van der Waals surface area contributed by atoms with Crippen molar-refractivity contribution in [2.24, 2.45) is 0 Å². The molecule has 0 aliphatic rings. The van der Waals surface area contributed by atoms with Crippen LogP contribution >= 0.6 is 0 Å². The molecule has 0 amide bonds. The first kappa shape index (κ1) is 11.8. The SMILES string of the molecule is Cc1ccc(S(=O)(=O)Cc2n[nH]c(C)n2)cc1. The van der Waals surface area contributed by atoms with Crippen molar-refractivity contribution in [1.29, 1.82) is 0 Å².